The van der Waals surface area contributed by atoms with E-state index in [0.717, 1.165) is 18.4 Å². The normalized spacial score (nSPS) is 23.7. The molecule has 0 bridgehead atoms. The van der Waals surface area contributed by atoms with E-state index in [1.807, 2.05) is 6.07 Å². The molecule has 120 valence electrons. The molecule has 1 aromatic heterocycles. The summed E-state index contributed by atoms with van der Waals surface area (Å²) in [6.07, 6.45) is 5.12. The Balaban J connectivity index is 0.00000192. The predicted octanol–water partition coefficient (Wildman–Crippen LogP) is 3.65. The molecule has 5 nitrogen and oxygen atoms in total. The molecule has 2 atom stereocenters. The third-order valence-electron chi connectivity index (χ3n) is 3.65. The van der Waals surface area contributed by atoms with Crippen LogP contribution in [0.1, 0.15) is 25.3 Å². The van der Waals surface area contributed by atoms with Gasteiger partial charge in [0.25, 0.3) is 0 Å². The summed E-state index contributed by atoms with van der Waals surface area (Å²) in [4.78, 5) is 3.97. The molecule has 3 rings (SSSR count). The summed E-state index contributed by atoms with van der Waals surface area (Å²) in [7, 11) is 0. The van der Waals surface area contributed by atoms with Crippen LogP contribution in [0.5, 0.6) is 0 Å². The van der Waals surface area contributed by atoms with Crippen LogP contribution < -0.4 is 0 Å². The van der Waals surface area contributed by atoms with Gasteiger partial charge in [0.2, 0.25) is 5.79 Å². The molecule has 0 radical (unpaired) electrons. The molecule has 0 spiro atoms. The van der Waals surface area contributed by atoms with E-state index < -0.39 is 5.79 Å². The largest absolute Gasteiger partial charge is 0.342 e. The molecular formula is C15H17Cl2N3O2Zn. The van der Waals surface area contributed by atoms with Gasteiger partial charge >= 0.3 is 0 Å². The van der Waals surface area contributed by atoms with Crippen LogP contribution in [0.15, 0.2) is 30.9 Å². The summed E-state index contributed by atoms with van der Waals surface area (Å²) in [6, 6.07) is 5.32. The van der Waals surface area contributed by atoms with Crippen molar-refractivity contribution < 1.29 is 29.0 Å². The van der Waals surface area contributed by atoms with Gasteiger partial charge in [-0.05, 0) is 18.6 Å². The van der Waals surface area contributed by atoms with Gasteiger partial charge in [-0.3, -0.25) is 0 Å². The quantitative estimate of drug-likeness (QED) is 0.710. The van der Waals surface area contributed by atoms with Gasteiger partial charge < -0.3 is 9.47 Å². The van der Waals surface area contributed by atoms with E-state index in [9.17, 15) is 0 Å². The minimum atomic E-state index is -0.963. The number of benzene rings is 1. The number of aromatic nitrogens is 3. The molecule has 1 aliphatic rings. The minimum absolute atomic E-state index is 0. The van der Waals surface area contributed by atoms with Crippen molar-refractivity contribution in [3.63, 3.8) is 0 Å². The third-order valence-corrected chi connectivity index (χ3v) is 4.20. The minimum Gasteiger partial charge on any atom is -0.342 e. The fourth-order valence-corrected chi connectivity index (χ4v) is 3.22. The molecule has 2 unspecified atom stereocenters. The van der Waals surface area contributed by atoms with Crippen molar-refractivity contribution in [3.05, 3.63) is 46.5 Å². The Hall–Kier alpha value is -0.517. The molecule has 0 amide bonds. The Labute approximate surface area is 158 Å². The number of hydrogen-bond donors (Lipinski definition) is 0. The van der Waals surface area contributed by atoms with E-state index in [0.29, 0.717) is 23.2 Å². The van der Waals surface area contributed by atoms with Crippen molar-refractivity contribution in [2.75, 3.05) is 6.61 Å². The molecule has 8 heteroatoms. The van der Waals surface area contributed by atoms with Gasteiger partial charge in [0.1, 0.15) is 19.2 Å². The van der Waals surface area contributed by atoms with Crippen LogP contribution in [0.3, 0.4) is 0 Å². The van der Waals surface area contributed by atoms with Gasteiger partial charge in [-0.25, -0.2) is 9.67 Å². The molecular weight excluding hydrogens is 390 g/mol. The first-order valence-electron chi connectivity index (χ1n) is 7.22. The van der Waals surface area contributed by atoms with Crippen molar-refractivity contribution in [3.8, 4) is 0 Å². The summed E-state index contributed by atoms with van der Waals surface area (Å²) in [5.74, 6) is -0.963. The standard InChI is InChI=1S/C15H17Cl2N3O2.Zn/c1-2-3-12-7-21-15(22-12,8-20-10-18-9-19-20)13-5-4-11(16)6-14(13)17;/h4-6,9-10,12H,2-3,7-8H2,1H3;. The zero-order chi connectivity index (χ0) is 15.6. The van der Waals surface area contributed by atoms with Crippen molar-refractivity contribution in [1.82, 2.24) is 14.8 Å². The second-order valence-electron chi connectivity index (χ2n) is 5.31. The van der Waals surface area contributed by atoms with E-state index in [2.05, 4.69) is 17.0 Å². The zero-order valence-electron chi connectivity index (χ0n) is 12.9. The Morgan fingerprint density at radius 3 is 2.87 bits per heavy atom. The molecule has 2 heterocycles. The van der Waals surface area contributed by atoms with Crippen LogP contribution in [0.2, 0.25) is 10.0 Å². The molecule has 2 aromatic rings. The second kappa shape index (κ2) is 8.04. The maximum atomic E-state index is 6.37. The fraction of sp³-hybridized carbons (Fsp3) is 0.467. The molecule has 0 aliphatic carbocycles. The summed E-state index contributed by atoms with van der Waals surface area (Å²) >= 11 is 12.4. The van der Waals surface area contributed by atoms with Crippen molar-refractivity contribution in [2.45, 2.75) is 38.2 Å². The fourth-order valence-electron chi connectivity index (χ4n) is 2.66. The molecule has 1 aromatic carbocycles. The van der Waals surface area contributed by atoms with E-state index >= 15 is 0 Å². The van der Waals surface area contributed by atoms with Crippen LogP contribution in [0.4, 0.5) is 0 Å². The topological polar surface area (TPSA) is 49.2 Å². The number of rotatable bonds is 5. The molecule has 1 aliphatic heterocycles. The van der Waals surface area contributed by atoms with E-state index in [1.54, 1.807) is 23.1 Å². The predicted molar refractivity (Wildman–Crippen MR) is 83.9 cm³/mol. The number of hydrogen-bond acceptors (Lipinski definition) is 4. The molecule has 1 fully saturated rings. The van der Waals surface area contributed by atoms with Crippen LogP contribution in [-0.2, 0) is 41.3 Å². The smallest absolute Gasteiger partial charge is 0.217 e. The van der Waals surface area contributed by atoms with E-state index in [-0.39, 0.29) is 25.6 Å². The Bertz CT molecular complexity index is 642. The maximum absolute atomic E-state index is 6.37. The van der Waals surface area contributed by atoms with Crippen molar-refractivity contribution >= 4 is 23.2 Å². The van der Waals surface area contributed by atoms with E-state index in [1.165, 1.54) is 6.33 Å². The monoisotopic (exact) mass is 405 g/mol. The van der Waals surface area contributed by atoms with Gasteiger partial charge in [0, 0.05) is 30.1 Å². The third kappa shape index (κ3) is 4.12. The molecule has 0 saturated carbocycles. The number of halogens is 2. The summed E-state index contributed by atoms with van der Waals surface area (Å²) in [5, 5.41) is 5.24. The maximum Gasteiger partial charge on any atom is 0.217 e. The van der Waals surface area contributed by atoms with Gasteiger partial charge in [-0.2, -0.15) is 5.10 Å². The molecule has 23 heavy (non-hydrogen) atoms. The van der Waals surface area contributed by atoms with Crippen LogP contribution >= 0.6 is 23.2 Å². The Morgan fingerprint density at radius 2 is 2.22 bits per heavy atom. The van der Waals surface area contributed by atoms with Crippen LogP contribution in [-0.4, -0.2) is 27.5 Å². The van der Waals surface area contributed by atoms with Crippen molar-refractivity contribution in [1.29, 1.82) is 0 Å². The first-order chi connectivity index (χ1) is 10.6. The first-order valence-corrected chi connectivity index (χ1v) is 7.98. The average molecular weight is 408 g/mol. The number of nitrogens with zero attached hydrogens (tertiary/aromatic N) is 3. The average Bonchev–Trinajstić information content (AvgIpc) is 3.10. The second-order valence-corrected chi connectivity index (χ2v) is 6.15. The van der Waals surface area contributed by atoms with Crippen molar-refractivity contribution in [2.24, 2.45) is 0 Å². The molecule has 0 N–H and O–H groups in total. The Morgan fingerprint density at radius 1 is 1.39 bits per heavy atom. The first kappa shape index (κ1) is 18.8. The summed E-state index contributed by atoms with van der Waals surface area (Å²) in [5.41, 5.74) is 0.757. The van der Waals surface area contributed by atoms with E-state index in [4.69, 9.17) is 32.7 Å². The SMILES string of the molecule is CCCC1COC(Cn2cncn2)(c2ccc(Cl)cc2Cl)O1.[Zn]. The Kier molecular flexibility index (Phi) is 6.58. The van der Waals surface area contributed by atoms with Crippen LogP contribution in [0, 0.1) is 0 Å². The van der Waals surface area contributed by atoms with Gasteiger partial charge in [0.05, 0.1) is 17.7 Å². The number of ether oxygens (including phenoxy) is 2. The van der Waals surface area contributed by atoms with Gasteiger partial charge in [-0.1, -0.05) is 42.6 Å². The van der Waals surface area contributed by atoms with Gasteiger partial charge in [0.15, 0.2) is 0 Å². The zero-order valence-corrected chi connectivity index (χ0v) is 17.4. The van der Waals surface area contributed by atoms with Gasteiger partial charge in [-0.15, -0.1) is 0 Å². The summed E-state index contributed by atoms with van der Waals surface area (Å²) in [6.45, 7) is 3.03. The van der Waals surface area contributed by atoms with Crippen LogP contribution in [0.25, 0.3) is 0 Å². The summed E-state index contributed by atoms with van der Waals surface area (Å²) < 4.78 is 14.0. The molecule has 1 saturated heterocycles.